The Morgan fingerprint density at radius 2 is 2.05 bits per heavy atom. The summed E-state index contributed by atoms with van der Waals surface area (Å²) in [5.41, 5.74) is 1.12. The smallest absolute Gasteiger partial charge is 0.155 e. The third-order valence-electron chi connectivity index (χ3n) is 3.39. The third kappa shape index (κ3) is 4.23. The quantitative estimate of drug-likeness (QED) is 0.542. The lowest BCUT2D eigenvalue weighted by atomic mass is 10.2. The summed E-state index contributed by atoms with van der Waals surface area (Å²) in [6.45, 7) is 8.77. The number of para-hydroxylation sites is 1. The molecule has 0 saturated carbocycles. The number of rotatable bonds is 7. The van der Waals surface area contributed by atoms with E-state index in [0.29, 0.717) is 0 Å². The Kier molecular flexibility index (Phi) is 7.61. The number of anilines is 1. The van der Waals surface area contributed by atoms with Crippen molar-refractivity contribution in [3.8, 4) is 0 Å². The molecule has 0 bridgehead atoms. The van der Waals surface area contributed by atoms with Crippen molar-refractivity contribution in [1.82, 2.24) is 15.1 Å². The van der Waals surface area contributed by atoms with Gasteiger partial charge in [0.1, 0.15) is 0 Å². The first-order valence-electron chi connectivity index (χ1n) is 6.85. The van der Waals surface area contributed by atoms with Crippen LogP contribution in [0.4, 0.5) is 5.82 Å². The highest BCUT2D eigenvalue weighted by atomic mass is 127. The molecule has 0 radical (unpaired) electrons. The second kappa shape index (κ2) is 8.69. The van der Waals surface area contributed by atoms with Crippen LogP contribution in [-0.4, -0.2) is 41.3 Å². The number of H-pyrrole nitrogens is 1. The summed E-state index contributed by atoms with van der Waals surface area (Å²) in [5.74, 6) is 0.966. The predicted molar refractivity (Wildman–Crippen MR) is 97.0 cm³/mol. The van der Waals surface area contributed by atoms with Gasteiger partial charge in [-0.2, -0.15) is 5.10 Å². The van der Waals surface area contributed by atoms with E-state index in [0.717, 1.165) is 43.9 Å². The molecule has 0 atom stereocenters. The van der Waals surface area contributed by atoms with Crippen LogP contribution in [-0.2, 0) is 0 Å². The van der Waals surface area contributed by atoms with Crippen LogP contribution in [0, 0.1) is 3.57 Å². The van der Waals surface area contributed by atoms with Crippen molar-refractivity contribution in [2.75, 3.05) is 31.5 Å². The number of hydrogen-bond acceptors (Lipinski definition) is 3. The standard InChI is InChI=1S/C14H21IN4.ClH/c1-3-19(4-2)10-6-9-16-14-11-7-5-8-12(15)13(11)17-18-14;/h5,7-8H,3-4,6,9-10H2,1-2H3,(H2,16,17,18);1H. The van der Waals surface area contributed by atoms with E-state index in [-0.39, 0.29) is 12.4 Å². The number of aromatic nitrogens is 2. The SMILES string of the molecule is CCN(CC)CCCNc1n[nH]c2c(I)cccc12.Cl. The number of nitrogens with one attached hydrogen (secondary N) is 2. The van der Waals surface area contributed by atoms with Gasteiger partial charge in [-0.05, 0) is 60.8 Å². The van der Waals surface area contributed by atoms with Crippen molar-refractivity contribution >= 4 is 51.7 Å². The van der Waals surface area contributed by atoms with Crippen LogP contribution >= 0.6 is 35.0 Å². The zero-order chi connectivity index (χ0) is 13.7. The van der Waals surface area contributed by atoms with E-state index in [1.165, 1.54) is 8.96 Å². The van der Waals surface area contributed by atoms with Gasteiger partial charge in [-0.25, -0.2) is 0 Å². The maximum absolute atomic E-state index is 4.36. The second-order valence-electron chi connectivity index (χ2n) is 4.54. The Balaban J connectivity index is 0.00000200. The lowest BCUT2D eigenvalue weighted by molar-refractivity contribution is 0.303. The number of fused-ring (bicyclic) bond motifs is 1. The molecule has 112 valence electrons. The highest BCUT2D eigenvalue weighted by Crippen LogP contribution is 2.24. The average Bonchev–Trinajstić information content (AvgIpc) is 2.84. The van der Waals surface area contributed by atoms with Crippen LogP contribution in [0.15, 0.2) is 18.2 Å². The molecular weight excluding hydrogens is 387 g/mol. The van der Waals surface area contributed by atoms with Gasteiger partial charge >= 0.3 is 0 Å². The Bertz CT molecular complexity index is 525. The van der Waals surface area contributed by atoms with Gasteiger partial charge in [0.2, 0.25) is 0 Å². The van der Waals surface area contributed by atoms with Crippen molar-refractivity contribution in [2.24, 2.45) is 0 Å². The Morgan fingerprint density at radius 1 is 1.30 bits per heavy atom. The summed E-state index contributed by atoms with van der Waals surface area (Å²) >= 11 is 2.33. The number of halogens is 2. The minimum absolute atomic E-state index is 0. The van der Waals surface area contributed by atoms with E-state index < -0.39 is 0 Å². The maximum Gasteiger partial charge on any atom is 0.155 e. The summed E-state index contributed by atoms with van der Waals surface area (Å²) in [5, 5.41) is 12.1. The fourth-order valence-electron chi connectivity index (χ4n) is 2.19. The summed E-state index contributed by atoms with van der Waals surface area (Å²) in [6.07, 6.45) is 1.14. The lowest BCUT2D eigenvalue weighted by Gasteiger charge is -2.17. The van der Waals surface area contributed by atoms with Crippen LogP contribution in [0.5, 0.6) is 0 Å². The molecule has 0 fully saturated rings. The lowest BCUT2D eigenvalue weighted by Crippen LogP contribution is -2.25. The van der Waals surface area contributed by atoms with Crippen molar-refractivity contribution in [1.29, 1.82) is 0 Å². The highest BCUT2D eigenvalue weighted by Gasteiger charge is 2.07. The number of nitrogens with zero attached hydrogens (tertiary/aromatic N) is 2. The first-order chi connectivity index (χ1) is 9.26. The fourth-order valence-corrected chi connectivity index (χ4v) is 2.81. The van der Waals surface area contributed by atoms with Crippen molar-refractivity contribution < 1.29 is 0 Å². The number of benzene rings is 1. The molecule has 6 heteroatoms. The molecule has 0 aliphatic heterocycles. The Labute approximate surface area is 140 Å². The van der Waals surface area contributed by atoms with Crippen molar-refractivity contribution in [3.05, 3.63) is 21.8 Å². The molecule has 4 nitrogen and oxygen atoms in total. The molecule has 0 amide bonds. The summed E-state index contributed by atoms with van der Waals surface area (Å²) in [4.78, 5) is 2.44. The van der Waals surface area contributed by atoms with Gasteiger partial charge < -0.3 is 10.2 Å². The Morgan fingerprint density at radius 3 is 2.75 bits per heavy atom. The molecule has 2 N–H and O–H groups in total. The summed E-state index contributed by atoms with van der Waals surface area (Å²) < 4.78 is 1.21. The van der Waals surface area contributed by atoms with Crippen LogP contribution < -0.4 is 5.32 Å². The van der Waals surface area contributed by atoms with Crippen molar-refractivity contribution in [2.45, 2.75) is 20.3 Å². The minimum atomic E-state index is 0. The van der Waals surface area contributed by atoms with E-state index in [1.54, 1.807) is 0 Å². The van der Waals surface area contributed by atoms with Crippen LogP contribution in [0.1, 0.15) is 20.3 Å². The summed E-state index contributed by atoms with van der Waals surface area (Å²) in [6, 6.07) is 6.26. The topological polar surface area (TPSA) is 44.0 Å². The van der Waals surface area contributed by atoms with Gasteiger partial charge in [0.05, 0.1) is 5.52 Å². The summed E-state index contributed by atoms with van der Waals surface area (Å²) in [7, 11) is 0. The molecule has 2 aromatic rings. The molecule has 2 rings (SSSR count). The molecule has 0 saturated heterocycles. The fraction of sp³-hybridized carbons (Fsp3) is 0.500. The van der Waals surface area contributed by atoms with Gasteiger partial charge in [0.15, 0.2) is 5.82 Å². The van der Waals surface area contributed by atoms with E-state index >= 15 is 0 Å². The molecule has 0 spiro atoms. The van der Waals surface area contributed by atoms with Gasteiger partial charge in [-0.1, -0.05) is 19.9 Å². The molecule has 0 aliphatic carbocycles. The normalized spacial score (nSPS) is 10.8. The largest absolute Gasteiger partial charge is 0.368 e. The molecule has 0 unspecified atom stereocenters. The van der Waals surface area contributed by atoms with Gasteiger partial charge in [-0.3, -0.25) is 5.10 Å². The maximum atomic E-state index is 4.36. The van der Waals surface area contributed by atoms with Crippen LogP contribution in [0.3, 0.4) is 0 Å². The minimum Gasteiger partial charge on any atom is -0.368 e. The third-order valence-corrected chi connectivity index (χ3v) is 4.29. The van der Waals surface area contributed by atoms with Crippen molar-refractivity contribution in [3.63, 3.8) is 0 Å². The first-order valence-corrected chi connectivity index (χ1v) is 7.93. The average molecular weight is 409 g/mol. The van der Waals surface area contributed by atoms with Crippen LogP contribution in [0.2, 0.25) is 0 Å². The van der Waals surface area contributed by atoms with Gasteiger partial charge in [0, 0.05) is 15.5 Å². The monoisotopic (exact) mass is 408 g/mol. The number of hydrogen-bond donors (Lipinski definition) is 2. The molecule has 1 aromatic heterocycles. The highest BCUT2D eigenvalue weighted by molar-refractivity contribution is 14.1. The molecular formula is C14H22ClIN4. The van der Waals surface area contributed by atoms with E-state index in [4.69, 9.17) is 0 Å². The zero-order valence-corrected chi connectivity index (χ0v) is 14.9. The van der Waals surface area contributed by atoms with E-state index in [1.807, 2.05) is 0 Å². The predicted octanol–water partition coefficient (Wildman–Crippen LogP) is 3.73. The van der Waals surface area contributed by atoms with E-state index in [9.17, 15) is 0 Å². The zero-order valence-electron chi connectivity index (χ0n) is 11.9. The molecule has 1 heterocycles. The number of aromatic amines is 1. The molecule has 0 aliphatic rings. The van der Waals surface area contributed by atoms with E-state index in [2.05, 4.69) is 75.1 Å². The molecule has 20 heavy (non-hydrogen) atoms. The van der Waals surface area contributed by atoms with Crippen LogP contribution in [0.25, 0.3) is 10.9 Å². The van der Waals surface area contributed by atoms with Gasteiger partial charge in [0.25, 0.3) is 0 Å². The van der Waals surface area contributed by atoms with Gasteiger partial charge in [-0.15, -0.1) is 12.4 Å². The first kappa shape index (κ1) is 17.5. The molecule has 1 aromatic carbocycles. The second-order valence-corrected chi connectivity index (χ2v) is 5.70. The Hall–Kier alpha value is -0.530.